The average Bonchev–Trinajstić information content (AvgIpc) is 2.29. The fourth-order valence-corrected chi connectivity index (χ4v) is 1.47. The second-order valence-corrected chi connectivity index (χ2v) is 3.41. The summed E-state index contributed by atoms with van der Waals surface area (Å²) in [6.45, 7) is 11.0. The minimum Gasteiger partial charge on any atom is -0.494 e. The van der Waals surface area contributed by atoms with Crippen LogP contribution in [0.3, 0.4) is 0 Å². The van der Waals surface area contributed by atoms with E-state index in [1.54, 1.807) is 0 Å². The monoisotopic (exact) mass is 219 g/mol. The van der Waals surface area contributed by atoms with Crippen LogP contribution in [0.15, 0.2) is 30.9 Å². The van der Waals surface area contributed by atoms with E-state index < -0.39 is 0 Å². The third-order valence-corrected chi connectivity index (χ3v) is 2.29. The third kappa shape index (κ3) is 3.02. The van der Waals surface area contributed by atoms with Gasteiger partial charge in [0.1, 0.15) is 11.5 Å². The van der Waals surface area contributed by atoms with Crippen molar-refractivity contribution in [2.45, 2.75) is 20.8 Å². The second kappa shape index (κ2) is 6.21. The number of rotatable bonds is 6. The van der Waals surface area contributed by atoms with Crippen molar-refractivity contribution in [1.82, 2.24) is 0 Å². The lowest BCUT2D eigenvalue weighted by Crippen LogP contribution is -2.00. The molecule has 1 aromatic carbocycles. The summed E-state index contributed by atoms with van der Waals surface area (Å²) in [5.74, 6) is 2.80. The van der Waals surface area contributed by atoms with Crippen molar-refractivity contribution < 1.29 is 9.47 Å². The predicted molar refractivity (Wildman–Crippen MR) is 67.0 cm³/mol. The molecule has 1 rings (SSSR count). The Hall–Kier alpha value is -1.44. The maximum Gasteiger partial charge on any atom is 0.127 e. The highest BCUT2D eigenvalue weighted by atomic mass is 16.5. The van der Waals surface area contributed by atoms with E-state index in [-0.39, 0.29) is 0 Å². The van der Waals surface area contributed by atoms with Gasteiger partial charge in [-0.2, -0.15) is 0 Å². The molecule has 0 heterocycles. The van der Waals surface area contributed by atoms with Crippen LogP contribution in [0.4, 0.5) is 0 Å². The highest BCUT2D eigenvalue weighted by molar-refractivity contribution is 5.49. The summed E-state index contributed by atoms with van der Waals surface area (Å²) in [6.07, 6.45) is 1.83. The Bertz CT molecular complexity index is 345. The Kier molecular flexibility index (Phi) is 4.90. The largest absolute Gasteiger partial charge is 0.494 e. The Morgan fingerprint density at radius 3 is 2.50 bits per heavy atom. The van der Waals surface area contributed by atoms with Crippen LogP contribution in [0.5, 0.6) is 11.5 Å². The summed E-state index contributed by atoms with van der Waals surface area (Å²) in [7, 11) is 0. The Morgan fingerprint density at radius 1 is 1.25 bits per heavy atom. The molecule has 0 saturated heterocycles. The maximum absolute atomic E-state index is 5.60. The number of allylic oxidation sites excluding steroid dienone is 1. The average molecular weight is 219 g/mol. The van der Waals surface area contributed by atoms with Crippen molar-refractivity contribution in [1.29, 1.82) is 0 Å². The molecular weight excluding hydrogens is 200 g/mol. The molecule has 0 spiro atoms. The van der Waals surface area contributed by atoms with Crippen LogP contribution in [0.25, 0.3) is 0 Å². The van der Waals surface area contributed by atoms with Crippen LogP contribution in [0.2, 0.25) is 0 Å². The van der Waals surface area contributed by atoms with Crippen LogP contribution < -0.4 is 9.47 Å². The second-order valence-electron chi connectivity index (χ2n) is 3.41. The highest BCUT2D eigenvalue weighted by Crippen LogP contribution is 2.30. The SMILES string of the molecule is C=C[C](C)c1ccc(OCC)cc1OCC. The van der Waals surface area contributed by atoms with Gasteiger partial charge in [-0.15, -0.1) is 6.58 Å². The van der Waals surface area contributed by atoms with Crippen LogP contribution in [-0.4, -0.2) is 13.2 Å². The number of hydrogen-bond donors (Lipinski definition) is 0. The van der Waals surface area contributed by atoms with Crippen LogP contribution in [0.1, 0.15) is 26.3 Å². The summed E-state index contributed by atoms with van der Waals surface area (Å²) < 4.78 is 11.0. The normalized spacial score (nSPS) is 10.2. The van der Waals surface area contributed by atoms with E-state index in [0.717, 1.165) is 23.0 Å². The molecule has 87 valence electrons. The first-order valence-corrected chi connectivity index (χ1v) is 5.58. The lowest BCUT2D eigenvalue weighted by molar-refractivity contribution is 0.321. The molecular formula is C14H19O2. The summed E-state index contributed by atoms with van der Waals surface area (Å²) in [5, 5.41) is 0. The van der Waals surface area contributed by atoms with Gasteiger partial charge in [0.05, 0.1) is 13.2 Å². The van der Waals surface area contributed by atoms with Gasteiger partial charge in [0.25, 0.3) is 0 Å². The van der Waals surface area contributed by atoms with Crippen molar-refractivity contribution in [3.05, 3.63) is 42.3 Å². The fourth-order valence-electron chi connectivity index (χ4n) is 1.47. The van der Waals surface area contributed by atoms with E-state index >= 15 is 0 Å². The Balaban J connectivity index is 3.03. The minimum atomic E-state index is 0.646. The zero-order valence-electron chi connectivity index (χ0n) is 10.2. The molecule has 0 fully saturated rings. The van der Waals surface area contributed by atoms with Crippen molar-refractivity contribution >= 4 is 0 Å². The van der Waals surface area contributed by atoms with E-state index in [1.165, 1.54) is 0 Å². The van der Waals surface area contributed by atoms with Gasteiger partial charge >= 0.3 is 0 Å². The first-order valence-electron chi connectivity index (χ1n) is 5.58. The van der Waals surface area contributed by atoms with Gasteiger partial charge in [-0.05, 0) is 19.9 Å². The molecule has 2 nitrogen and oxygen atoms in total. The van der Waals surface area contributed by atoms with E-state index in [4.69, 9.17) is 9.47 Å². The molecule has 16 heavy (non-hydrogen) atoms. The van der Waals surface area contributed by atoms with Gasteiger partial charge in [-0.25, -0.2) is 0 Å². The molecule has 0 bridgehead atoms. The van der Waals surface area contributed by atoms with Gasteiger partial charge in [-0.3, -0.25) is 0 Å². The van der Waals surface area contributed by atoms with E-state index in [9.17, 15) is 0 Å². The van der Waals surface area contributed by atoms with Crippen molar-refractivity contribution in [3.8, 4) is 11.5 Å². The molecule has 0 aromatic heterocycles. The number of benzene rings is 1. The predicted octanol–water partition coefficient (Wildman–Crippen LogP) is 3.61. The molecule has 0 N–H and O–H groups in total. The molecule has 0 atom stereocenters. The molecule has 0 aliphatic carbocycles. The van der Waals surface area contributed by atoms with E-state index in [1.807, 2.05) is 45.0 Å². The van der Waals surface area contributed by atoms with Crippen LogP contribution in [-0.2, 0) is 0 Å². The minimum absolute atomic E-state index is 0.646. The highest BCUT2D eigenvalue weighted by Gasteiger charge is 2.10. The zero-order valence-corrected chi connectivity index (χ0v) is 10.2. The van der Waals surface area contributed by atoms with Crippen LogP contribution in [0, 0.1) is 5.92 Å². The molecule has 2 heteroatoms. The molecule has 0 saturated carbocycles. The van der Waals surface area contributed by atoms with Gasteiger partial charge in [0.2, 0.25) is 0 Å². The van der Waals surface area contributed by atoms with E-state index in [0.29, 0.717) is 13.2 Å². The Labute approximate surface area is 97.9 Å². The number of ether oxygens (including phenoxy) is 2. The van der Waals surface area contributed by atoms with Crippen molar-refractivity contribution in [2.24, 2.45) is 0 Å². The lowest BCUT2D eigenvalue weighted by atomic mass is 10.0. The first kappa shape index (κ1) is 12.6. The molecule has 0 unspecified atom stereocenters. The molecule has 0 aliphatic heterocycles. The van der Waals surface area contributed by atoms with Gasteiger partial charge in [-0.1, -0.05) is 19.1 Å². The van der Waals surface area contributed by atoms with Crippen molar-refractivity contribution in [3.63, 3.8) is 0 Å². The first-order chi connectivity index (χ1) is 7.72. The van der Waals surface area contributed by atoms with Gasteiger partial charge in [0, 0.05) is 17.5 Å². The maximum atomic E-state index is 5.60. The smallest absolute Gasteiger partial charge is 0.127 e. The summed E-state index contributed by atoms with van der Waals surface area (Å²) >= 11 is 0. The quantitative estimate of drug-likeness (QED) is 0.727. The molecule has 0 amide bonds. The topological polar surface area (TPSA) is 18.5 Å². The van der Waals surface area contributed by atoms with E-state index in [2.05, 4.69) is 6.58 Å². The van der Waals surface area contributed by atoms with Gasteiger partial charge in [0.15, 0.2) is 0 Å². The van der Waals surface area contributed by atoms with Crippen LogP contribution >= 0.6 is 0 Å². The van der Waals surface area contributed by atoms with Crippen molar-refractivity contribution in [2.75, 3.05) is 13.2 Å². The fraction of sp³-hybridized carbons (Fsp3) is 0.357. The third-order valence-electron chi connectivity index (χ3n) is 2.29. The lowest BCUT2D eigenvalue weighted by Gasteiger charge is -2.14. The molecule has 1 aromatic rings. The molecule has 0 aliphatic rings. The Morgan fingerprint density at radius 2 is 1.94 bits per heavy atom. The zero-order chi connectivity index (χ0) is 12.0. The summed E-state index contributed by atoms with van der Waals surface area (Å²) in [4.78, 5) is 0. The summed E-state index contributed by atoms with van der Waals surface area (Å²) in [6, 6.07) is 5.89. The standard InChI is InChI=1S/C14H19O2/c1-5-11(4)13-9-8-12(15-6-2)10-14(13)16-7-3/h5,8-10H,1,6-7H2,2-4H3. The van der Waals surface area contributed by atoms with Gasteiger partial charge < -0.3 is 9.47 Å². The number of hydrogen-bond acceptors (Lipinski definition) is 2. The summed E-state index contributed by atoms with van der Waals surface area (Å²) in [5.41, 5.74) is 1.07. The molecule has 1 radical (unpaired) electrons.